The molecule has 23 heavy (non-hydrogen) atoms. The van der Waals surface area contributed by atoms with Gasteiger partial charge >= 0.3 is 0 Å². The van der Waals surface area contributed by atoms with Gasteiger partial charge in [0.25, 0.3) is 5.91 Å². The molecule has 1 unspecified atom stereocenters. The number of rotatable bonds is 6. The normalized spacial score (nSPS) is 17.7. The van der Waals surface area contributed by atoms with Crippen LogP contribution in [-0.2, 0) is 16.6 Å². The molecule has 1 saturated heterocycles. The van der Waals surface area contributed by atoms with Gasteiger partial charge in [0.2, 0.25) is 0 Å². The molecule has 2 rings (SSSR count). The van der Waals surface area contributed by atoms with E-state index < -0.39 is 10.8 Å². The summed E-state index contributed by atoms with van der Waals surface area (Å²) in [5, 5.41) is 3.06. The van der Waals surface area contributed by atoms with E-state index in [1.165, 1.54) is 19.3 Å². The summed E-state index contributed by atoms with van der Waals surface area (Å²) in [4.78, 5) is 14.9. The lowest BCUT2D eigenvalue weighted by molar-refractivity contribution is 0.0797. The summed E-state index contributed by atoms with van der Waals surface area (Å²) in [5.74, 6) is 0.430. The fourth-order valence-corrected chi connectivity index (χ4v) is 3.70. The minimum atomic E-state index is -0.898. The Balaban J connectivity index is 1.94. The number of nitrogens with one attached hydrogen (secondary N) is 1. The fraction of sp³-hybridized carbons (Fsp3) is 0.611. The fourth-order valence-electron chi connectivity index (χ4n) is 3.05. The summed E-state index contributed by atoms with van der Waals surface area (Å²) >= 11 is 0. The summed E-state index contributed by atoms with van der Waals surface area (Å²) in [6.45, 7) is 7.24. The van der Waals surface area contributed by atoms with Crippen molar-refractivity contribution < 1.29 is 9.00 Å². The minimum absolute atomic E-state index is 0.0292. The van der Waals surface area contributed by atoms with Crippen LogP contribution in [0.2, 0.25) is 0 Å². The number of likely N-dealkylation sites (tertiary alicyclic amines) is 1. The van der Waals surface area contributed by atoms with E-state index in [4.69, 9.17) is 0 Å². The predicted octanol–water partition coefficient (Wildman–Crippen LogP) is 2.56. The summed E-state index contributed by atoms with van der Waals surface area (Å²) in [7, 11) is -0.898. The third kappa shape index (κ3) is 5.43. The molecular formula is C18H28N2O2S. The number of carbonyl (C=O) groups excluding carboxylic acids is 1. The zero-order valence-corrected chi connectivity index (χ0v) is 15.2. The van der Waals surface area contributed by atoms with Crippen LogP contribution in [0, 0.1) is 0 Å². The maximum absolute atomic E-state index is 12.4. The van der Waals surface area contributed by atoms with E-state index in [9.17, 15) is 9.00 Å². The number of benzene rings is 1. The molecule has 1 atom stereocenters. The number of nitrogens with zero attached hydrogens (tertiary/aromatic N) is 1. The second-order valence-corrected chi connectivity index (χ2v) is 8.40. The Morgan fingerprint density at radius 3 is 2.61 bits per heavy atom. The largest absolute Gasteiger partial charge is 0.350 e. The Morgan fingerprint density at radius 1 is 1.26 bits per heavy atom. The molecule has 0 radical (unpaired) electrons. The molecule has 1 aliphatic rings. The quantitative estimate of drug-likeness (QED) is 0.868. The number of hydrogen-bond acceptors (Lipinski definition) is 3. The Kier molecular flexibility index (Phi) is 6.36. The van der Waals surface area contributed by atoms with Gasteiger partial charge in [-0.3, -0.25) is 13.9 Å². The summed E-state index contributed by atoms with van der Waals surface area (Å²) in [6, 6.07) is 7.42. The summed E-state index contributed by atoms with van der Waals surface area (Å²) in [5.41, 5.74) is 1.55. The number of carbonyl (C=O) groups is 1. The first kappa shape index (κ1) is 18.1. The van der Waals surface area contributed by atoms with E-state index in [-0.39, 0.29) is 11.4 Å². The van der Waals surface area contributed by atoms with E-state index in [2.05, 4.69) is 24.1 Å². The average molecular weight is 337 g/mol. The lowest BCUT2D eigenvalue weighted by Crippen LogP contribution is -2.53. The molecule has 0 saturated carbocycles. The lowest BCUT2D eigenvalue weighted by atomic mass is 9.98. The van der Waals surface area contributed by atoms with Gasteiger partial charge in [0, 0.05) is 40.5 Å². The molecule has 1 N–H and O–H groups in total. The zero-order valence-electron chi connectivity index (χ0n) is 14.4. The monoisotopic (exact) mass is 336 g/mol. The van der Waals surface area contributed by atoms with Crippen molar-refractivity contribution in [2.75, 3.05) is 25.9 Å². The Morgan fingerprint density at radius 2 is 1.96 bits per heavy atom. The highest BCUT2D eigenvalue weighted by Gasteiger charge is 2.28. The lowest BCUT2D eigenvalue weighted by Gasteiger charge is -2.41. The average Bonchev–Trinajstić information content (AvgIpc) is 2.53. The van der Waals surface area contributed by atoms with Crippen LogP contribution in [0.25, 0.3) is 0 Å². The summed E-state index contributed by atoms with van der Waals surface area (Å²) in [6.07, 6.45) is 5.47. The SMILES string of the molecule is CS(=O)Cc1cccc(C(=O)NCC(C)(C)N2CCCCC2)c1. The third-order valence-corrected chi connectivity index (χ3v) is 5.19. The first-order valence-electron chi connectivity index (χ1n) is 8.31. The number of hydrogen-bond donors (Lipinski definition) is 1. The molecule has 0 aromatic heterocycles. The van der Waals surface area contributed by atoms with Crippen molar-refractivity contribution >= 4 is 16.7 Å². The second kappa shape index (κ2) is 8.06. The molecule has 1 aliphatic heterocycles. The van der Waals surface area contributed by atoms with Crippen molar-refractivity contribution in [2.45, 2.75) is 44.4 Å². The molecule has 5 heteroatoms. The van der Waals surface area contributed by atoms with E-state index in [1.807, 2.05) is 24.3 Å². The minimum Gasteiger partial charge on any atom is -0.350 e. The van der Waals surface area contributed by atoms with Crippen LogP contribution in [0.3, 0.4) is 0 Å². The number of piperidine rings is 1. The molecule has 0 aliphatic carbocycles. The van der Waals surface area contributed by atoms with Gasteiger partial charge in [-0.1, -0.05) is 18.6 Å². The molecule has 1 fully saturated rings. The van der Waals surface area contributed by atoms with Crippen molar-refractivity contribution in [3.63, 3.8) is 0 Å². The van der Waals surface area contributed by atoms with Gasteiger partial charge in [0.15, 0.2) is 0 Å². The van der Waals surface area contributed by atoms with Gasteiger partial charge < -0.3 is 5.32 Å². The van der Waals surface area contributed by atoms with Gasteiger partial charge in [-0.2, -0.15) is 0 Å². The van der Waals surface area contributed by atoms with Gasteiger partial charge in [0.1, 0.15) is 0 Å². The molecule has 0 spiro atoms. The van der Waals surface area contributed by atoms with Crippen molar-refractivity contribution in [3.05, 3.63) is 35.4 Å². The Bertz CT molecular complexity index is 566. The van der Waals surface area contributed by atoms with Crippen LogP contribution in [0.5, 0.6) is 0 Å². The van der Waals surface area contributed by atoms with Crippen LogP contribution in [0.1, 0.15) is 49.0 Å². The molecule has 1 aromatic rings. The molecule has 1 aromatic carbocycles. The zero-order chi connectivity index (χ0) is 16.9. The molecule has 128 valence electrons. The highest BCUT2D eigenvalue weighted by atomic mass is 32.2. The van der Waals surface area contributed by atoms with E-state index in [0.717, 1.165) is 18.7 Å². The maximum atomic E-state index is 12.4. The predicted molar refractivity (Wildman–Crippen MR) is 96.0 cm³/mol. The first-order chi connectivity index (χ1) is 10.9. The third-order valence-electron chi connectivity index (χ3n) is 4.45. The smallest absolute Gasteiger partial charge is 0.251 e. The standard InChI is InChI=1S/C18H28N2O2S/c1-18(2,20-10-5-4-6-11-20)14-19-17(21)16-9-7-8-15(12-16)13-23(3)22/h7-9,12H,4-6,10-11,13-14H2,1-3H3,(H,19,21). The van der Waals surface area contributed by atoms with Gasteiger partial charge in [-0.15, -0.1) is 0 Å². The molecule has 1 amide bonds. The van der Waals surface area contributed by atoms with E-state index in [0.29, 0.717) is 17.9 Å². The second-order valence-electron chi connectivity index (χ2n) is 6.96. The first-order valence-corrected chi connectivity index (χ1v) is 10.0. The van der Waals surface area contributed by atoms with Crippen molar-refractivity contribution in [2.24, 2.45) is 0 Å². The van der Waals surface area contributed by atoms with Crippen LogP contribution in [-0.4, -0.2) is 46.4 Å². The highest BCUT2D eigenvalue weighted by Crippen LogP contribution is 2.20. The number of amides is 1. The van der Waals surface area contributed by atoms with Crippen molar-refractivity contribution in [3.8, 4) is 0 Å². The van der Waals surface area contributed by atoms with Crippen molar-refractivity contribution in [1.82, 2.24) is 10.2 Å². The topological polar surface area (TPSA) is 49.4 Å². The molecule has 0 bridgehead atoms. The van der Waals surface area contributed by atoms with Crippen LogP contribution in [0.15, 0.2) is 24.3 Å². The Hall–Kier alpha value is -1.20. The van der Waals surface area contributed by atoms with Gasteiger partial charge in [-0.25, -0.2) is 0 Å². The summed E-state index contributed by atoms with van der Waals surface area (Å²) < 4.78 is 11.3. The molecule has 1 heterocycles. The van der Waals surface area contributed by atoms with Crippen molar-refractivity contribution in [1.29, 1.82) is 0 Å². The Labute approximate surface area is 142 Å². The van der Waals surface area contributed by atoms with Crippen LogP contribution in [0.4, 0.5) is 0 Å². The van der Waals surface area contributed by atoms with E-state index >= 15 is 0 Å². The van der Waals surface area contributed by atoms with Gasteiger partial charge in [0.05, 0.1) is 0 Å². The highest BCUT2D eigenvalue weighted by molar-refractivity contribution is 7.83. The van der Waals surface area contributed by atoms with Crippen LogP contribution >= 0.6 is 0 Å². The van der Waals surface area contributed by atoms with E-state index in [1.54, 1.807) is 6.26 Å². The molecule has 4 nitrogen and oxygen atoms in total. The van der Waals surface area contributed by atoms with Gasteiger partial charge in [-0.05, 0) is 57.5 Å². The van der Waals surface area contributed by atoms with Crippen LogP contribution < -0.4 is 5.32 Å². The molecular weight excluding hydrogens is 308 g/mol. The maximum Gasteiger partial charge on any atom is 0.251 e.